The van der Waals surface area contributed by atoms with Gasteiger partial charge in [-0.1, -0.05) is 29.8 Å². The van der Waals surface area contributed by atoms with Crippen molar-refractivity contribution in [1.82, 2.24) is 0 Å². The summed E-state index contributed by atoms with van der Waals surface area (Å²) in [5, 5.41) is 8.27. The van der Waals surface area contributed by atoms with Crippen LogP contribution in [0.4, 0.5) is 5.69 Å². The lowest BCUT2D eigenvalue weighted by Crippen LogP contribution is -2.12. The van der Waals surface area contributed by atoms with E-state index in [0.717, 1.165) is 5.69 Å². The fourth-order valence-electron chi connectivity index (χ4n) is 1.79. The molecule has 19 heavy (non-hydrogen) atoms. The lowest BCUT2D eigenvalue weighted by Gasteiger charge is -2.07. The van der Waals surface area contributed by atoms with Crippen LogP contribution in [0.1, 0.15) is 11.1 Å². The minimum Gasteiger partial charge on any atom is -0.381 e. The molecule has 0 saturated carbocycles. The van der Waals surface area contributed by atoms with Crippen LogP contribution in [-0.4, -0.2) is 8.42 Å². The molecule has 0 radical (unpaired) electrons. The Balaban J connectivity index is 2.05. The van der Waals surface area contributed by atoms with Crippen molar-refractivity contribution in [2.75, 3.05) is 5.32 Å². The summed E-state index contributed by atoms with van der Waals surface area (Å²) >= 11 is 0. The van der Waals surface area contributed by atoms with Crippen LogP contribution in [0.2, 0.25) is 0 Å². The van der Waals surface area contributed by atoms with Gasteiger partial charge in [-0.25, -0.2) is 13.6 Å². The maximum absolute atomic E-state index is 11.1. The van der Waals surface area contributed by atoms with Crippen LogP contribution in [-0.2, 0) is 16.6 Å². The molecular weight excluding hydrogens is 260 g/mol. The highest BCUT2D eigenvalue weighted by molar-refractivity contribution is 7.89. The van der Waals surface area contributed by atoms with Crippen molar-refractivity contribution >= 4 is 15.7 Å². The van der Waals surface area contributed by atoms with Gasteiger partial charge >= 0.3 is 0 Å². The molecule has 0 aromatic heterocycles. The summed E-state index contributed by atoms with van der Waals surface area (Å²) in [5.41, 5.74) is 3.24. The number of primary sulfonamides is 1. The zero-order valence-corrected chi connectivity index (χ0v) is 11.4. The Hall–Kier alpha value is -1.85. The fourth-order valence-corrected chi connectivity index (χ4v) is 2.30. The molecule has 0 heterocycles. The molecule has 0 aliphatic heterocycles. The first-order chi connectivity index (χ1) is 8.95. The van der Waals surface area contributed by atoms with E-state index in [0.29, 0.717) is 6.54 Å². The van der Waals surface area contributed by atoms with Crippen molar-refractivity contribution in [1.29, 1.82) is 0 Å². The van der Waals surface area contributed by atoms with Gasteiger partial charge in [-0.05, 0) is 36.8 Å². The summed E-state index contributed by atoms with van der Waals surface area (Å²) in [6.07, 6.45) is 0. The third-order valence-electron chi connectivity index (χ3n) is 2.76. The number of sulfonamides is 1. The zero-order valence-electron chi connectivity index (χ0n) is 10.6. The summed E-state index contributed by atoms with van der Waals surface area (Å²) in [4.78, 5) is 0.119. The quantitative estimate of drug-likeness (QED) is 0.899. The van der Waals surface area contributed by atoms with E-state index in [1.165, 1.54) is 23.3 Å². The van der Waals surface area contributed by atoms with Crippen LogP contribution in [0.15, 0.2) is 53.4 Å². The highest BCUT2D eigenvalue weighted by atomic mass is 32.2. The number of rotatable bonds is 4. The second-order valence-corrected chi connectivity index (χ2v) is 5.97. The Labute approximate surface area is 113 Å². The second kappa shape index (κ2) is 5.42. The van der Waals surface area contributed by atoms with E-state index in [4.69, 9.17) is 5.14 Å². The number of aryl methyl sites for hydroxylation is 1. The van der Waals surface area contributed by atoms with Crippen molar-refractivity contribution in [3.05, 3.63) is 59.7 Å². The number of nitrogens with one attached hydrogen (secondary N) is 1. The highest BCUT2D eigenvalue weighted by Crippen LogP contribution is 2.14. The van der Waals surface area contributed by atoms with Gasteiger partial charge < -0.3 is 5.32 Å². The molecule has 2 aromatic rings. The molecule has 5 heteroatoms. The Kier molecular flexibility index (Phi) is 3.87. The SMILES string of the molecule is Cc1cccc(CNc2ccc(S(N)(=O)=O)cc2)c1. The summed E-state index contributed by atoms with van der Waals surface area (Å²) in [5.74, 6) is 0. The lowest BCUT2D eigenvalue weighted by atomic mass is 10.1. The Bertz CT molecular complexity index is 664. The van der Waals surface area contributed by atoms with E-state index < -0.39 is 10.0 Å². The average molecular weight is 276 g/mol. The number of hydrogen-bond acceptors (Lipinski definition) is 3. The first-order valence-corrected chi connectivity index (χ1v) is 7.42. The van der Waals surface area contributed by atoms with Gasteiger partial charge in [0.2, 0.25) is 10.0 Å². The van der Waals surface area contributed by atoms with E-state index in [1.807, 2.05) is 25.1 Å². The van der Waals surface area contributed by atoms with E-state index in [1.54, 1.807) is 12.1 Å². The van der Waals surface area contributed by atoms with Gasteiger partial charge in [0.25, 0.3) is 0 Å². The number of benzene rings is 2. The first-order valence-electron chi connectivity index (χ1n) is 5.87. The molecule has 0 aliphatic carbocycles. The smallest absolute Gasteiger partial charge is 0.238 e. The van der Waals surface area contributed by atoms with Crippen LogP contribution in [0.5, 0.6) is 0 Å². The number of anilines is 1. The summed E-state index contributed by atoms with van der Waals surface area (Å²) in [6, 6.07) is 14.6. The molecule has 0 unspecified atom stereocenters. The van der Waals surface area contributed by atoms with Gasteiger partial charge in [0.05, 0.1) is 4.90 Å². The van der Waals surface area contributed by atoms with Crippen molar-refractivity contribution in [2.45, 2.75) is 18.4 Å². The van der Waals surface area contributed by atoms with Crippen molar-refractivity contribution in [3.8, 4) is 0 Å². The monoisotopic (exact) mass is 276 g/mol. The molecule has 0 atom stereocenters. The largest absolute Gasteiger partial charge is 0.381 e. The molecule has 0 fully saturated rings. The predicted octanol–water partition coefficient (Wildman–Crippen LogP) is 2.25. The van der Waals surface area contributed by atoms with E-state index in [9.17, 15) is 8.42 Å². The predicted molar refractivity (Wildman–Crippen MR) is 76.3 cm³/mol. The molecule has 0 saturated heterocycles. The fraction of sp³-hybridized carbons (Fsp3) is 0.143. The van der Waals surface area contributed by atoms with E-state index in [2.05, 4.69) is 11.4 Å². The molecule has 2 aromatic carbocycles. The average Bonchev–Trinajstić information content (AvgIpc) is 2.36. The number of nitrogens with two attached hydrogens (primary N) is 1. The Morgan fingerprint density at radius 1 is 1.11 bits per heavy atom. The van der Waals surface area contributed by atoms with Gasteiger partial charge in [-0.3, -0.25) is 0 Å². The minimum atomic E-state index is -3.62. The van der Waals surface area contributed by atoms with Crippen LogP contribution in [0.3, 0.4) is 0 Å². The maximum Gasteiger partial charge on any atom is 0.238 e. The molecule has 0 bridgehead atoms. The topological polar surface area (TPSA) is 72.2 Å². The van der Waals surface area contributed by atoms with Gasteiger partial charge in [0.15, 0.2) is 0 Å². The van der Waals surface area contributed by atoms with Gasteiger partial charge in [0, 0.05) is 12.2 Å². The molecule has 3 N–H and O–H groups in total. The Morgan fingerprint density at radius 2 is 1.79 bits per heavy atom. The van der Waals surface area contributed by atoms with Crippen molar-refractivity contribution in [3.63, 3.8) is 0 Å². The second-order valence-electron chi connectivity index (χ2n) is 4.41. The van der Waals surface area contributed by atoms with Crippen LogP contribution < -0.4 is 10.5 Å². The zero-order chi connectivity index (χ0) is 13.9. The van der Waals surface area contributed by atoms with E-state index in [-0.39, 0.29) is 4.90 Å². The molecule has 0 spiro atoms. The standard InChI is InChI=1S/C14H16N2O2S/c1-11-3-2-4-12(9-11)10-16-13-5-7-14(8-6-13)19(15,17)18/h2-9,16H,10H2,1H3,(H2,15,17,18). The van der Waals surface area contributed by atoms with Gasteiger partial charge in [-0.2, -0.15) is 0 Å². The third-order valence-corrected chi connectivity index (χ3v) is 3.69. The lowest BCUT2D eigenvalue weighted by molar-refractivity contribution is 0.598. The van der Waals surface area contributed by atoms with Gasteiger partial charge in [0.1, 0.15) is 0 Å². The molecule has 4 nitrogen and oxygen atoms in total. The normalized spacial score (nSPS) is 11.3. The number of hydrogen-bond donors (Lipinski definition) is 2. The van der Waals surface area contributed by atoms with Crippen molar-refractivity contribution in [2.24, 2.45) is 5.14 Å². The van der Waals surface area contributed by atoms with E-state index >= 15 is 0 Å². The molecular formula is C14H16N2O2S. The van der Waals surface area contributed by atoms with Crippen LogP contribution >= 0.6 is 0 Å². The van der Waals surface area contributed by atoms with Crippen LogP contribution in [0.25, 0.3) is 0 Å². The van der Waals surface area contributed by atoms with Gasteiger partial charge in [-0.15, -0.1) is 0 Å². The molecule has 0 aliphatic rings. The first kappa shape index (κ1) is 13.6. The molecule has 100 valence electrons. The summed E-state index contributed by atoms with van der Waals surface area (Å²) in [6.45, 7) is 2.74. The molecule has 2 rings (SSSR count). The highest BCUT2D eigenvalue weighted by Gasteiger charge is 2.06. The maximum atomic E-state index is 11.1. The molecule has 0 amide bonds. The minimum absolute atomic E-state index is 0.119. The Morgan fingerprint density at radius 3 is 2.37 bits per heavy atom. The van der Waals surface area contributed by atoms with Crippen molar-refractivity contribution < 1.29 is 8.42 Å². The summed E-state index contributed by atoms with van der Waals surface area (Å²) in [7, 11) is -3.62. The summed E-state index contributed by atoms with van der Waals surface area (Å²) < 4.78 is 22.2. The van der Waals surface area contributed by atoms with Crippen LogP contribution in [0, 0.1) is 6.92 Å². The third kappa shape index (κ3) is 3.81.